The lowest BCUT2D eigenvalue weighted by Gasteiger charge is -2.21. The Hall–Kier alpha value is -4.10. The first-order valence-electron chi connectivity index (χ1n) is 12.4. The van der Waals surface area contributed by atoms with Gasteiger partial charge in [0.2, 0.25) is 0 Å². The predicted molar refractivity (Wildman–Crippen MR) is 149 cm³/mol. The Morgan fingerprint density at radius 2 is 1.23 bits per heavy atom. The normalized spacial score (nSPS) is 13.8. The highest BCUT2D eigenvalue weighted by Crippen LogP contribution is 2.50. The quantitative estimate of drug-likeness (QED) is 0.248. The van der Waals surface area contributed by atoms with Crippen molar-refractivity contribution in [3.63, 3.8) is 0 Å². The van der Waals surface area contributed by atoms with E-state index < -0.39 is 0 Å². The van der Waals surface area contributed by atoms with Crippen LogP contribution in [-0.4, -0.2) is 4.57 Å². The van der Waals surface area contributed by atoms with E-state index in [1.54, 1.807) is 0 Å². The monoisotopic (exact) mass is 449 g/mol. The van der Waals surface area contributed by atoms with Crippen molar-refractivity contribution in [2.75, 3.05) is 0 Å². The van der Waals surface area contributed by atoms with Crippen LogP contribution in [0.4, 0.5) is 0 Å². The van der Waals surface area contributed by atoms with Crippen LogP contribution in [0.5, 0.6) is 0 Å². The van der Waals surface area contributed by atoms with Crippen molar-refractivity contribution in [2.24, 2.45) is 0 Å². The van der Waals surface area contributed by atoms with Gasteiger partial charge in [0.15, 0.2) is 0 Å². The van der Waals surface area contributed by atoms with Gasteiger partial charge in [0, 0.05) is 21.9 Å². The maximum absolute atomic E-state index is 2.45. The fraction of sp³-hybridized carbons (Fsp3) is 0.118. The summed E-state index contributed by atoms with van der Waals surface area (Å²) in [5, 5.41) is 2.63. The third kappa shape index (κ3) is 2.88. The molecule has 0 aliphatic heterocycles. The lowest BCUT2D eigenvalue weighted by atomic mass is 9.82. The minimum absolute atomic E-state index is 0.0194. The first-order valence-corrected chi connectivity index (χ1v) is 12.4. The molecule has 0 bridgehead atoms. The molecule has 0 unspecified atom stereocenters. The SMILES string of the molecule is Cc1ccc2c3cc4c(cc3n(-c3ccc(-c5ccccc5)cc3)c2c1)C(C)(C)c1ccccc1-4. The Morgan fingerprint density at radius 1 is 0.543 bits per heavy atom. The molecular weight excluding hydrogens is 422 g/mol. The summed E-state index contributed by atoms with van der Waals surface area (Å²) in [5.41, 5.74) is 13.1. The molecule has 0 spiro atoms. The summed E-state index contributed by atoms with van der Waals surface area (Å²) in [7, 11) is 0. The van der Waals surface area contributed by atoms with E-state index in [0.29, 0.717) is 0 Å². The van der Waals surface area contributed by atoms with E-state index in [9.17, 15) is 0 Å². The second kappa shape index (κ2) is 7.20. The van der Waals surface area contributed by atoms with E-state index in [1.807, 2.05) is 0 Å². The van der Waals surface area contributed by atoms with Crippen LogP contribution in [0.25, 0.3) is 49.7 Å². The van der Waals surface area contributed by atoms with Gasteiger partial charge in [-0.05, 0) is 76.2 Å². The van der Waals surface area contributed by atoms with Gasteiger partial charge in [0.25, 0.3) is 0 Å². The Labute approximate surface area is 206 Å². The van der Waals surface area contributed by atoms with Gasteiger partial charge in [-0.1, -0.05) is 92.7 Å². The molecule has 168 valence electrons. The number of nitrogens with zero attached hydrogens (tertiary/aromatic N) is 1. The summed E-state index contributed by atoms with van der Waals surface area (Å²) >= 11 is 0. The molecule has 0 atom stereocenters. The molecule has 35 heavy (non-hydrogen) atoms. The van der Waals surface area contributed by atoms with Gasteiger partial charge in [-0.2, -0.15) is 0 Å². The Bertz CT molecular complexity index is 1750. The fourth-order valence-corrected chi connectivity index (χ4v) is 6.03. The maximum atomic E-state index is 2.45. The maximum Gasteiger partial charge on any atom is 0.0544 e. The number of hydrogen-bond acceptors (Lipinski definition) is 0. The molecule has 0 amide bonds. The van der Waals surface area contributed by atoms with Crippen molar-refractivity contribution in [3.05, 3.63) is 126 Å². The zero-order valence-corrected chi connectivity index (χ0v) is 20.3. The fourth-order valence-electron chi connectivity index (χ4n) is 6.03. The third-order valence-electron chi connectivity index (χ3n) is 7.86. The van der Waals surface area contributed by atoms with Crippen LogP contribution >= 0.6 is 0 Å². The van der Waals surface area contributed by atoms with Gasteiger partial charge in [-0.3, -0.25) is 0 Å². The molecule has 1 aromatic heterocycles. The van der Waals surface area contributed by atoms with Crippen LogP contribution in [0.3, 0.4) is 0 Å². The highest BCUT2D eigenvalue weighted by molar-refractivity contribution is 6.11. The average Bonchev–Trinajstić information content (AvgIpc) is 3.32. The van der Waals surface area contributed by atoms with Crippen LogP contribution in [0.1, 0.15) is 30.5 Å². The van der Waals surface area contributed by atoms with Crippen molar-refractivity contribution < 1.29 is 0 Å². The molecule has 0 N–H and O–H groups in total. The number of fused-ring (bicyclic) bond motifs is 6. The third-order valence-corrected chi connectivity index (χ3v) is 7.86. The molecule has 1 heteroatoms. The molecule has 0 saturated heterocycles. The summed E-state index contributed by atoms with van der Waals surface area (Å²) in [6.45, 7) is 6.89. The van der Waals surface area contributed by atoms with Crippen LogP contribution in [-0.2, 0) is 5.41 Å². The van der Waals surface area contributed by atoms with Crippen LogP contribution in [0.15, 0.2) is 109 Å². The number of benzene rings is 5. The van der Waals surface area contributed by atoms with Crippen molar-refractivity contribution in [1.29, 1.82) is 0 Å². The van der Waals surface area contributed by atoms with Crippen molar-refractivity contribution in [3.8, 4) is 27.9 Å². The second-order valence-corrected chi connectivity index (χ2v) is 10.4. The first-order chi connectivity index (χ1) is 17.0. The van der Waals surface area contributed by atoms with Gasteiger partial charge >= 0.3 is 0 Å². The van der Waals surface area contributed by atoms with E-state index in [0.717, 1.165) is 0 Å². The lowest BCUT2D eigenvalue weighted by Crippen LogP contribution is -2.14. The van der Waals surface area contributed by atoms with E-state index in [-0.39, 0.29) is 5.41 Å². The molecule has 7 rings (SSSR count). The molecular formula is C34H27N. The molecule has 0 fully saturated rings. The van der Waals surface area contributed by atoms with Crippen LogP contribution in [0, 0.1) is 6.92 Å². The zero-order valence-electron chi connectivity index (χ0n) is 20.3. The Balaban J connectivity index is 1.51. The standard InChI is InChI=1S/C34H27N/c1-22-13-18-27-29-20-28-26-11-7-8-12-30(26)34(2,3)31(28)21-33(29)35(32(27)19-22)25-16-14-24(15-17-25)23-9-5-4-6-10-23/h4-21H,1-3H3. The highest BCUT2D eigenvalue weighted by Gasteiger charge is 2.36. The van der Waals surface area contributed by atoms with E-state index >= 15 is 0 Å². The molecule has 0 radical (unpaired) electrons. The van der Waals surface area contributed by atoms with E-state index in [1.165, 1.54) is 66.4 Å². The predicted octanol–water partition coefficient (Wildman–Crippen LogP) is 9.07. The number of rotatable bonds is 2. The lowest BCUT2D eigenvalue weighted by molar-refractivity contribution is 0.661. The summed E-state index contributed by atoms with van der Waals surface area (Å²) in [4.78, 5) is 0. The van der Waals surface area contributed by atoms with E-state index in [2.05, 4.69) is 135 Å². The largest absolute Gasteiger partial charge is 0.309 e. The first kappa shape index (κ1) is 20.3. The summed E-state index contributed by atoms with van der Waals surface area (Å²) < 4.78 is 2.45. The second-order valence-electron chi connectivity index (χ2n) is 10.4. The molecule has 6 aromatic rings. The Kier molecular flexibility index (Phi) is 4.17. The number of aromatic nitrogens is 1. The van der Waals surface area contributed by atoms with E-state index in [4.69, 9.17) is 0 Å². The van der Waals surface area contributed by atoms with Crippen LogP contribution in [0.2, 0.25) is 0 Å². The average molecular weight is 450 g/mol. The van der Waals surface area contributed by atoms with Gasteiger partial charge < -0.3 is 4.57 Å². The number of hydrogen-bond donors (Lipinski definition) is 0. The highest BCUT2D eigenvalue weighted by atomic mass is 15.0. The number of aryl methyl sites for hydroxylation is 1. The summed E-state index contributed by atoms with van der Waals surface area (Å²) in [6, 6.07) is 40.2. The van der Waals surface area contributed by atoms with Crippen molar-refractivity contribution in [1.82, 2.24) is 4.57 Å². The zero-order chi connectivity index (χ0) is 23.7. The van der Waals surface area contributed by atoms with Crippen LogP contribution < -0.4 is 0 Å². The molecule has 5 aromatic carbocycles. The molecule has 1 aliphatic carbocycles. The van der Waals surface area contributed by atoms with Gasteiger partial charge in [0.1, 0.15) is 0 Å². The van der Waals surface area contributed by atoms with Gasteiger partial charge in [-0.25, -0.2) is 0 Å². The molecule has 1 aliphatic rings. The van der Waals surface area contributed by atoms with Crippen molar-refractivity contribution in [2.45, 2.75) is 26.2 Å². The molecule has 0 saturated carbocycles. The van der Waals surface area contributed by atoms with Crippen molar-refractivity contribution >= 4 is 21.8 Å². The summed E-state index contributed by atoms with van der Waals surface area (Å²) in [5.74, 6) is 0. The van der Waals surface area contributed by atoms with Gasteiger partial charge in [0.05, 0.1) is 11.0 Å². The molecule has 1 nitrogen and oxygen atoms in total. The van der Waals surface area contributed by atoms with Gasteiger partial charge in [-0.15, -0.1) is 0 Å². The topological polar surface area (TPSA) is 4.93 Å². The smallest absolute Gasteiger partial charge is 0.0544 e. The summed E-state index contributed by atoms with van der Waals surface area (Å²) in [6.07, 6.45) is 0. The minimum Gasteiger partial charge on any atom is -0.309 e. The Morgan fingerprint density at radius 3 is 2.03 bits per heavy atom. The minimum atomic E-state index is -0.0194. The molecule has 1 heterocycles.